The van der Waals surface area contributed by atoms with Crippen LogP contribution in [0, 0.1) is 6.92 Å². The molecule has 0 unspecified atom stereocenters. The highest BCUT2D eigenvalue weighted by Crippen LogP contribution is 2.49. The quantitative estimate of drug-likeness (QED) is 0.542. The molecule has 1 aliphatic rings. The number of halogens is 1. The first-order chi connectivity index (χ1) is 13.1. The van der Waals surface area contributed by atoms with Crippen LogP contribution in [0.3, 0.4) is 0 Å². The normalized spacial score (nSPS) is 14.6. The molecule has 1 aromatic heterocycles. The Morgan fingerprint density at radius 2 is 1.89 bits per heavy atom. The molecule has 6 heteroatoms. The number of nitrogens with zero attached hydrogens (tertiary/aromatic N) is 2. The number of nitrogens with one attached hydrogen (secondary N) is 1. The van der Waals surface area contributed by atoms with Crippen molar-refractivity contribution in [3.63, 3.8) is 0 Å². The van der Waals surface area contributed by atoms with Gasteiger partial charge in [0, 0.05) is 27.4 Å². The van der Waals surface area contributed by atoms with Crippen LogP contribution in [0.5, 0.6) is 0 Å². The van der Waals surface area contributed by atoms with E-state index in [0.717, 1.165) is 39.0 Å². The van der Waals surface area contributed by atoms with Crippen molar-refractivity contribution < 1.29 is 4.79 Å². The number of hydrogen-bond acceptors (Lipinski definition) is 4. The lowest BCUT2D eigenvalue weighted by Crippen LogP contribution is -2.28. The van der Waals surface area contributed by atoms with Crippen molar-refractivity contribution in [1.82, 2.24) is 9.97 Å². The Bertz CT molecular complexity index is 990. The SMILES string of the molecule is Cc1cc(Sc2ncccn2)ccc1NC(=O)C1(c2cccc(Br)c2)CC1. The first-order valence-corrected chi connectivity index (χ1v) is 10.3. The molecule has 0 bridgehead atoms. The maximum absolute atomic E-state index is 13.0. The van der Waals surface area contributed by atoms with Gasteiger partial charge in [0.25, 0.3) is 0 Å². The number of hydrogen-bond donors (Lipinski definition) is 1. The molecule has 136 valence electrons. The van der Waals surface area contributed by atoms with E-state index in [4.69, 9.17) is 0 Å². The molecular weight excluding hydrogens is 422 g/mol. The van der Waals surface area contributed by atoms with Gasteiger partial charge in [0.2, 0.25) is 5.91 Å². The lowest BCUT2D eigenvalue weighted by molar-refractivity contribution is -0.118. The van der Waals surface area contributed by atoms with E-state index in [1.807, 2.05) is 43.3 Å². The fourth-order valence-electron chi connectivity index (χ4n) is 3.08. The summed E-state index contributed by atoms with van der Waals surface area (Å²) in [5.41, 5.74) is 2.54. The van der Waals surface area contributed by atoms with Crippen LogP contribution in [0.15, 0.2) is 75.4 Å². The molecule has 1 N–H and O–H groups in total. The van der Waals surface area contributed by atoms with Crippen LogP contribution < -0.4 is 5.32 Å². The zero-order valence-electron chi connectivity index (χ0n) is 14.8. The highest BCUT2D eigenvalue weighted by molar-refractivity contribution is 9.10. The van der Waals surface area contributed by atoms with Crippen molar-refractivity contribution >= 4 is 39.3 Å². The number of carbonyl (C=O) groups excluding carboxylic acids is 1. The van der Waals surface area contributed by atoms with Gasteiger partial charge in [0.1, 0.15) is 0 Å². The van der Waals surface area contributed by atoms with Gasteiger partial charge in [-0.3, -0.25) is 4.79 Å². The second-order valence-corrected chi connectivity index (χ2v) is 8.61. The molecule has 1 aliphatic carbocycles. The Labute approximate surface area is 171 Å². The molecular formula is C21H18BrN3OS. The third kappa shape index (κ3) is 3.92. The molecule has 0 saturated heterocycles. The molecule has 0 radical (unpaired) electrons. The predicted octanol–water partition coefficient (Wildman–Crippen LogP) is 5.37. The number of aryl methyl sites for hydroxylation is 1. The Hall–Kier alpha value is -2.18. The minimum atomic E-state index is -0.401. The molecule has 27 heavy (non-hydrogen) atoms. The monoisotopic (exact) mass is 439 g/mol. The minimum Gasteiger partial charge on any atom is -0.325 e. The summed E-state index contributed by atoms with van der Waals surface area (Å²) < 4.78 is 1.000. The maximum atomic E-state index is 13.0. The summed E-state index contributed by atoms with van der Waals surface area (Å²) in [7, 11) is 0. The van der Waals surface area contributed by atoms with E-state index in [0.29, 0.717) is 5.16 Å². The number of anilines is 1. The highest BCUT2D eigenvalue weighted by atomic mass is 79.9. The van der Waals surface area contributed by atoms with E-state index in [1.165, 1.54) is 11.8 Å². The number of carbonyl (C=O) groups is 1. The van der Waals surface area contributed by atoms with Crippen molar-refractivity contribution in [2.24, 2.45) is 0 Å². The number of rotatable bonds is 5. The van der Waals surface area contributed by atoms with Crippen LogP contribution in [-0.2, 0) is 10.2 Å². The van der Waals surface area contributed by atoms with Crippen molar-refractivity contribution in [2.45, 2.75) is 35.2 Å². The van der Waals surface area contributed by atoms with Gasteiger partial charge in [-0.1, -0.05) is 28.1 Å². The van der Waals surface area contributed by atoms with Gasteiger partial charge in [-0.05, 0) is 79.1 Å². The largest absolute Gasteiger partial charge is 0.325 e. The summed E-state index contributed by atoms with van der Waals surface area (Å²) in [5, 5.41) is 3.84. The molecule has 4 rings (SSSR count). The zero-order chi connectivity index (χ0) is 18.9. The summed E-state index contributed by atoms with van der Waals surface area (Å²) in [5.74, 6) is 0.0653. The van der Waals surface area contributed by atoms with Gasteiger partial charge >= 0.3 is 0 Å². The van der Waals surface area contributed by atoms with Gasteiger partial charge < -0.3 is 5.32 Å². The fraction of sp³-hybridized carbons (Fsp3) is 0.190. The van der Waals surface area contributed by atoms with Gasteiger partial charge in [-0.2, -0.15) is 0 Å². The number of benzene rings is 2. The van der Waals surface area contributed by atoms with Gasteiger partial charge in [0.05, 0.1) is 5.41 Å². The first-order valence-electron chi connectivity index (χ1n) is 8.70. The molecule has 3 aromatic rings. The first kappa shape index (κ1) is 18.2. The van der Waals surface area contributed by atoms with Crippen molar-refractivity contribution in [3.05, 3.63) is 76.5 Å². The van der Waals surface area contributed by atoms with Crippen LogP contribution in [0.2, 0.25) is 0 Å². The topological polar surface area (TPSA) is 54.9 Å². The second-order valence-electron chi connectivity index (χ2n) is 6.66. The molecule has 1 fully saturated rings. The van der Waals surface area contributed by atoms with Gasteiger partial charge in [-0.15, -0.1) is 0 Å². The molecule has 0 spiro atoms. The summed E-state index contributed by atoms with van der Waals surface area (Å²) in [6.45, 7) is 2.00. The molecule has 4 nitrogen and oxygen atoms in total. The van der Waals surface area contributed by atoms with Gasteiger partial charge in [0.15, 0.2) is 5.16 Å². The Morgan fingerprint density at radius 3 is 2.56 bits per heavy atom. The molecule has 1 amide bonds. The second kappa shape index (κ2) is 7.44. The molecule has 1 heterocycles. The van der Waals surface area contributed by atoms with E-state index in [2.05, 4.69) is 37.3 Å². The minimum absolute atomic E-state index is 0.0653. The average molecular weight is 440 g/mol. The standard InChI is InChI=1S/C21H18BrN3OS/c1-14-12-17(27-20-23-10-3-11-24-20)6-7-18(14)25-19(26)21(8-9-21)15-4-2-5-16(22)13-15/h2-7,10-13H,8-9H2,1H3,(H,25,26). The van der Waals surface area contributed by atoms with Crippen molar-refractivity contribution in [3.8, 4) is 0 Å². The average Bonchev–Trinajstić information content (AvgIpc) is 3.47. The molecule has 2 aromatic carbocycles. The Morgan fingerprint density at radius 1 is 1.11 bits per heavy atom. The zero-order valence-corrected chi connectivity index (χ0v) is 17.2. The van der Waals surface area contributed by atoms with Crippen molar-refractivity contribution in [2.75, 3.05) is 5.32 Å². The Kier molecular flexibility index (Phi) is 5.02. The van der Waals surface area contributed by atoms with E-state index < -0.39 is 5.41 Å². The van der Waals surface area contributed by atoms with Crippen LogP contribution in [0.25, 0.3) is 0 Å². The third-order valence-corrected chi connectivity index (χ3v) is 6.14. The van der Waals surface area contributed by atoms with Crippen molar-refractivity contribution in [1.29, 1.82) is 0 Å². The van der Waals surface area contributed by atoms with E-state index in [9.17, 15) is 4.79 Å². The molecule has 1 saturated carbocycles. The van der Waals surface area contributed by atoms with E-state index in [-0.39, 0.29) is 5.91 Å². The highest BCUT2D eigenvalue weighted by Gasteiger charge is 2.51. The Balaban J connectivity index is 1.50. The smallest absolute Gasteiger partial charge is 0.235 e. The van der Waals surface area contributed by atoms with E-state index >= 15 is 0 Å². The lowest BCUT2D eigenvalue weighted by atomic mass is 9.95. The summed E-state index contributed by atoms with van der Waals surface area (Å²) in [4.78, 5) is 22.5. The van der Waals surface area contributed by atoms with Crippen LogP contribution >= 0.6 is 27.7 Å². The number of aromatic nitrogens is 2. The maximum Gasteiger partial charge on any atom is 0.235 e. The lowest BCUT2D eigenvalue weighted by Gasteiger charge is -2.17. The van der Waals surface area contributed by atoms with Crippen LogP contribution in [-0.4, -0.2) is 15.9 Å². The molecule has 0 aliphatic heterocycles. The van der Waals surface area contributed by atoms with Crippen LogP contribution in [0.1, 0.15) is 24.0 Å². The fourth-order valence-corrected chi connectivity index (χ4v) is 4.29. The third-order valence-electron chi connectivity index (χ3n) is 4.76. The molecule has 0 atom stereocenters. The van der Waals surface area contributed by atoms with E-state index in [1.54, 1.807) is 18.5 Å². The summed E-state index contributed by atoms with van der Waals surface area (Å²) in [6.07, 6.45) is 5.23. The summed E-state index contributed by atoms with van der Waals surface area (Å²) in [6, 6.07) is 15.8. The summed E-state index contributed by atoms with van der Waals surface area (Å²) >= 11 is 5.01. The van der Waals surface area contributed by atoms with Gasteiger partial charge in [-0.25, -0.2) is 9.97 Å². The van der Waals surface area contributed by atoms with Crippen LogP contribution in [0.4, 0.5) is 5.69 Å². The number of amides is 1. The predicted molar refractivity (Wildman–Crippen MR) is 111 cm³/mol.